The van der Waals surface area contributed by atoms with E-state index >= 15 is 0 Å². The van der Waals surface area contributed by atoms with Crippen molar-refractivity contribution < 1.29 is 14.3 Å². The second-order valence-electron chi connectivity index (χ2n) is 3.87. The molecule has 5 nitrogen and oxygen atoms in total. The molecular formula is C13H18N2O3. The van der Waals surface area contributed by atoms with E-state index in [2.05, 4.69) is 10.1 Å². The largest absolute Gasteiger partial charge is 0.467 e. The summed E-state index contributed by atoms with van der Waals surface area (Å²) in [6.45, 7) is 0.255. The van der Waals surface area contributed by atoms with E-state index in [9.17, 15) is 9.59 Å². The third-order valence-corrected chi connectivity index (χ3v) is 2.47. The quantitative estimate of drug-likeness (QED) is 0.708. The van der Waals surface area contributed by atoms with Gasteiger partial charge in [0.2, 0.25) is 5.91 Å². The molecule has 1 amide bonds. The van der Waals surface area contributed by atoms with Crippen LogP contribution in [0.2, 0.25) is 0 Å². The minimum Gasteiger partial charge on any atom is -0.467 e. The number of esters is 1. The second kappa shape index (κ2) is 7.45. The van der Waals surface area contributed by atoms with E-state index in [0.717, 1.165) is 5.56 Å². The highest BCUT2D eigenvalue weighted by molar-refractivity contribution is 5.84. The molecule has 3 N–H and O–H groups in total. The van der Waals surface area contributed by atoms with Crippen molar-refractivity contribution in [3.05, 3.63) is 35.9 Å². The predicted molar refractivity (Wildman–Crippen MR) is 67.8 cm³/mol. The number of hydrogen-bond donors (Lipinski definition) is 2. The molecular weight excluding hydrogens is 232 g/mol. The zero-order valence-corrected chi connectivity index (χ0v) is 10.4. The summed E-state index contributed by atoms with van der Waals surface area (Å²) < 4.78 is 4.68. The van der Waals surface area contributed by atoms with Gasteiger partial charge in [-0.25, -0.2) is 4.79 Å². The molecule has 1 unspecified atom stereocenters. The number of benzene rings is 1. The summed E-state index contributed by atoms with van der Waals surface area (Å²) in [5.74, 6) is -0.701. The molecule has 0 radical (unpaired) electrons. The zero-order chi connectivity index (χ0) is 13.4. The van der Waals surface area contributed by atoms with Gasteiger partial charge in [-0.05, 0) is 5.56 Å². The third kappa shape index (κ3) is 4.55. The number of carbonyl (C=O) groups is 2. The van der Waals surface area contributed by atoms with Crippen LogP contribution in [0.4, 0.5) is 0 Å². The molecule has 0 aliphatic rings. The van der Waals surface area contributed by atoms with Gasteiger partial charge in [-0.1, -0.05) is 30.3 Å². The van der Waals surface area contributed by atoms with Crippen LogP contribution < -0.4 is 11.1 Å². The first-order valence-corrected chi connectivity index (χ1v) is 5.78. The minimum atomic E-state index is -0.670. The van der Waals surface area contributed by atoms with Crippen LogP contribution in [-0.2, 0) is 20.7 Å². The van der Waals surface area contributed by atoms with Gasteiger partial charge >= 0.3 is 5.97 Å². The summed E-state index contributed by atoms with van der Waals surface area (Å²) in [4.78, 5) is 23.1. The highest BCUT2D eigenvalue weighted by atomic mass is 16.5. The standard InChI is InChI=1S/C13H18N2O3/c1-18-13(17)11(15-12(16)7-8-14)9-10-5-3-2-4-6-10/h2-6,11H,7-9,14H2,1H3,(H,15,16). The Morgan fingerprint density at radius 2 is 2.00 bits per heavy atom. The van der Waals surface area contributed by atoms with Crippen molar-refractivity contribution in [3.63, 3.8) is 0 Å². The Kier molecular flexibility index (Phi) is 5.87. The first-order chi connectivity index (χ1) is 8.67. The average Bonchev–Trinajstić information content (AvgIpc) is 2.38. The van der Waals surface area contributed by atoms with Crippen molar-refractivity contribution in [1.82, 2.24) is 5.32 Å². The smallest absolute Gasteiger partial charge is 0.328 e. The van der Waals surface area contributed by atoms with Crippen molar-refractivity contribution in [1.29, 1.82) is 0 Å². The Labute approximate surface area is 106 Å². The molecule has 1 aromatic carbocycles. The monoisotopic (exact) mass is 250 g/mol. The fraction of sp³-hybridized carbons (Fsp3) is 0.385. The van der Waals surface area contributed by atoms with Crippen molar-refractivity contribution in [3.8, 4) is 0 Å². The van der Waals surface area contributed by atoms with Gasteiger partial charge in [0.1, 0.15) is 6.04 Å². The molecule has 0 aliphatic heterocycles. The van der Waals surface area contributed by atoms with Crippen LogP contribution in [0.15, 0.2) is 30.3 Å². The molecule has 1 aromatic rings. The number of nitrogens with one attached hydrogen (secondary N) is 1. The van der Waals surface area contributed by atoms with E-state index in [-0.39, 0.29) is 18.9 Å². The van der Waals surface area contributed by atoms with Gasteiger partial charge in [-0.15, -0.1) is 0 Å². The van der Waals surface area contributed by atoms with Gasteiger partial charge in [0, 0.05) is 19.4 Å². The van der Waals surface area contributed by atoms with Crippen LogP contribution in [0.1, 0.15) is 12.0 Å². The maximum atomic E-state index is 11.6. The molecule has 0 saturated carbocycles. The van der Waals surface area contributed by atoms with Gasteiger partial charge in [0.05, 0.1) is 7.11 Å². The van der Waals surface area contributed by atoms with Crippen LogP contribution in [0.25, 0.3) is 0 Å². The topological polar surface area (TPSA) is 81.4 Å². The molecule has 0 aliphatic carbocycles. The number of methoxy groups -OCH3 is 1. The summed E-state index contributed by atoms with van der Waals surface area (Å²) in [6.07, 6.45) is 0.603. The van der Waals surface area contributed by atoms with E-state index in [1.165, 1.54) is 7.11 Å². The van der Waals surface area contributed by atoms with E-state index in [1.54, 1.807) is 0 Å². The van der Waals surface area contributed by atoms with Crippen LogP contribution >= 0.6 is 0 Å². The molecule has 98 valence electrons. The average molecular weight is 250 g/mol. The van der Waals surface area contributed by atoms with E-state index in [0.29, 0.717) is 6.42 Å². The second-order valence-corrected chi connectivity index (χ2v) is 3.87. The molecule has 0 bridgehead atoms. The summed E-state index contributed by atoms with van der Waals surface area (Å²) in [5.41, 5.74) is 6.25. The maximum Gasteiger partial charge on any atom is 0.328 e. The van der Waals surface area contributed by atoms with Crippen molar-refractivity contribution >= 4 is 11.9 Å². The molecule has 5 heteroatoms. The van der Waals surface area contributed by atoms with Crippen molar-refractivity contribution in [2.45, 2.75) is 18.9 Å². The lowest BCUT2D eigenvalue weighted by Crippen LogP contribution is -2.43. The lowest BCUT2D eigenvalue weighted by atomic mass is 10.1. The van der Waals surface area contributed by atoms with Crippen molar-refractivity contribution in [2.24, 2.45) is 5.73 Å². The molecule has 0 fully saturated rings. The number of rotatable bonds is 6. The highest BCUT2D eigenvalue weighted by Gasteiger charge is 2.21. The first kappa shape index (κ1) is 14.2. The van der Waals surface area contributed by atoms with Crippen molar-refractivity contribution in [2.75, 3.05) is 13.7 Å². The lowest BCUT2D eigenvalue weighted by Gasteiger charge is -2.16. The first-order valence-electron chi connectivity index (χ1n) is 5.78. The third-order valence-electron chi connectivity index (χ3n) is 2.47. The number of amides is 1. The van der Waals surface area contributed by atoms with Gasteiger partial charge in [-0.2, -0.15) is 0 Å². The Morgan fingerprint density at radius 1 is 1.33 bits per heavy atom. The number of nitrogens with two attached hydrogens (primary N) is 1. The Bertz CT molecular complexity index is 392. The van der Waals surface area contributed by atoms with E-state index in [4.69, 9.17) is 5.73 Å². The molecule has 18 heavy (non-hydrogen) atoms. The van der Waals surface area contributed by atoms with Crippen LogP contribution in [0.3, 0.4) is 0 Å². The molecule has 0 spiro atoms. The lowest BCUT2D eigenvalue weighted by molar-refractivity contribution is -0.145. The fourth-order valence-corrected chi connectivity index (χ4v) is 1.58. The van der Waals surface area contributed by atoms with Gasteiger partial charge < -0.3 is 15.8 Å². The van der Waals surface area contributed by atoms with E-state index in [1.807, 2.05) is 30.3 Å². The number of carbonyl (C=O) groups excluding carboxylic acids is 2. The fourth-order valence-electron chi connectivity index (χ4n) is 1.58. The summed E-state index contributed by atoms with van der Waals surface area (Å²) in [7, 11) is 1.30. The summed E-state index contributed by atoms with van der Waals surface area (Å²) in [6, 6.07) is 8.77. The molecule has 1 atom stereocenters. The molecule has 0 heterocycles. The van der Waals surface area contributed by atoms with Crippen LogP contribution in [0.5, 0.6) is 0 Å². The molecule has 1 rings (SSSR count). The number of hydrogen-bond acceptors (Lipinski definition) is 4. The Hall–Kier alpha value is -1.88. The molecule has 0 aromatic heterocycles. The predicted octanol–water partition coefficient (Wildman–Crippen LogP) is 0.236. The Balaban J connectivity index is 2.67. The summed E-state index contributed by atoms with van der Waals surface area (Å²) >= 11 is 0. The normalized spacial score (nSPS) is 11.7. The van der Waals surface area contributed by atoms with Gasteiger partial charge in [-0.3, -0.25) is 4.79 Å². The van der Waals surface area contributed by atoms with E-state index < -0.39 is 12.0 Å². The van der Waals surface area contributed by atoms with Gasteiger partial charge in [0.25, 0.3) is 0 Å². The maximum absolute atomic E-state index is 11.6. The number of ether oxygens (including phenoxy) is 1. The summed E-state index contributed by atoms with van der Waals surface area (Å²) in [5, 5.41) is 2.62. The van der Waals surface area contributed by atoms with Gasteiger partial charge in [0.15, 0.2) is 0 Å². The zero-order valence-electron chi connectivity index (χ0n) is 10.4. The highest BCUT2D eigenvalue weighted by Crippen LogP contribution is 2.04. The van der Waals surface area contributed by atoms with Crippen LogP contribution in [-0.4, -0.2) is 31.6 Å². The minimum absolute atomic E-state index is 0.197. The van der Waals surface area contributed by atoms with Crippen LogP contribution in [0, 0.1) is 0 Å². The SMILES string of the molecule is COC(=O)C(Cc1ccccc1)NC(=O)CCN. The Morgan fingerprint density at radius 3 is 2.56 bits per heavy atom. The molecule has 0 saturated heterocycles.